The molecule has 0 unspecified atom stereocenters. The smallest absolute Gasteiger partial charge is 0.206 e. The molecule has 2 rings (SSSR count). The molecule has 2 aromatic rings. The highest BCUT2D eigenvalue weighted by atomic mass is 32.2. The number of rotatable bonds is 8. The summed E-state index contributed by atoms with van der Waals surface area (Å²) in [6.07, 6.45) is 2.78. The molecular formula is C23H32O3S. The third-order valence-corrected chi connectivity index (χ3v) is 7.61. The lowest BCUT2D eigenvalue weighted by Crippen LogP contribution is -2.30. The highest BCUT2D eigenvalue weighted by Gasteiger charge is 2.23. The van der Waals surface area contributed by atoms with Crippen LogP contribution in [0.4, 0.5) is 0 Å². The molecular weight excluding hydrogens is 356 g/mol. The summed E-state index contributed by atoms with van der Waals surface area (Å²) < 4.78 is 31.9. The standard InChI is InChI=1S/C23H32O3S/c1-7-22(4,5)18-10-14-20(15-11-18)27(24,25)21-16-12-19(13-17-21)26-23(6,8-2)9-3/h10-17H,7-9H2,1-6H3. The number of hydrogen-bond donors (Lipinski definition) is 0. The van der Waals surface area contributed by atoms with E-state index in [1.807, 2.05) is 12.1 Å². The first-order valence-electron chi connectivity index (χ1n) is 9.72. The summed E-state index contributed by atoms with van der Waals surface area (Å²) in [6, 6.07) is 14.0. The fourth-order valence-corrected chi connectivity index (χ4v) is 4.05. The summed E-state index contributed by atoms with van der Waals surface area (Å²) >= 11 is 0. The first-order chi connectivity index (χ1) is 12.6. The average molecular weight is 389 g/mol. The van der Waals surface area contributed by atoms with Crippen LogP contribution in [0.15, 0.2) is 58.3 Å². The third kappa shape index (κ3) is 4.73. The zero-order valence-electron chi connectivity index (χ0n) is 17.4. The Balaban J connectivity index is 2.27. The fourth-order valence-electron chi connectivity index (χ4n) is 2.79. The highest BCUT2D eigenvalue weighted by Crippen LogP contribution is 2.30. The van der Waals surface area contributed by atoms with Crippen LogP contribution in [0, 0.1) is 0 Å². The molecule has 148 valence electrons. The Kier molecular flexibility index (Phi) is 6.41. The van der Waals surface area contributed by atoms with Crippen LogP contribution in [0.1, 0.15) is 66.4 Å². The van der Waals surface area contributed by atoms with Crippen molar-refractivity contribution in [1.29, 1.82) is 0 Å². The number of hydrogen-bond acceptors (Lipinski definition) is 3. The van der Waals surface area contributed by atoms with E-state index in [4.69, 9.17) is 4.74 Å². The Morgan fingerprint density at radius 3 is 1.59 bits per heavy atom. The van der Waals surface area contributed by atoms with Crippen LogP contribution < -0.4 is 4.74 Å². The van der Waals surface area contributed by atoms with Crippen LogP contribution in [-0.4, -0.2) is 14.0 Å². The van der Waals surface area contributed by atoms with Gasteiger partial charge in [0.1, 0.15) is 11.4 Å². The number of ether oxygens (including phenoxy) is 1. The van der Waals surface area contributed by atoms with Crippen molar-refractivity contribution in [1.82, 2.24) is 0 Å². The van der Waals surface area contributed by atoms with E-state index in [1.54, 1.807) is 36.4 Å². The van der Waals surface area contributed by atoms with E-state index in [9.17, 15) is 8.42 Å². The Morgan fingerprint density at radius 2 is 1.19 bits per heavy atom. The summed E-state index contributed by atoms with van der Waals surface area (Å²) in [5.74, 6) is 0.695. The number of benzene rings is 2. The molecule has 3 nitrogen and oxygen atoms in total. The lowest BCUT2D eigenvalue weighted by atomic mass is 9.82. The molecule has 0 N–H and O–H groups in total. The van der Waals surface area contributed by atoms with E-state index >= 15 is 0 Å². The van der Waals surface area contributed by atoms with Crippen LogP contribution in [0.2, 0.25) is 0 Å². The maximum Gasteiger partial charge on any atom is 0.206 e. The molecule has 2 aromatic carbocycles. The predicted molar refractivity (Wildman–Crippen MR) is 111 cm³/mol. The SMILES string of the molecule is CCC(C)(CC)Oc1ccc(S(=O)(=O)c2ccc(C(C)(C)CC)cc2)cc1. The van der Waals surface area contributed by atoms with Gasteiger partial charge in [0, 0.05) is 0 Å². The van der Waals surface area contributed by atoms with E-state index < -0.39 is 9.84 Å². The van der Waals surface area contributed by atoms with Crippen molar-refractivity contribution in [3.8, 4) is 5.75 Å². The van der Waals surface area contributed by atoms with E-state index in [2.05, 4.69) is 41.5 Å². The third-order valence-electron chi connectivity index (χ3n) is 5.82. The molecule has 0 radical (unpaired) electrons. The van der Waals surface area contributed by atoms with Crippen LogP contribution in [0.25, 0.3) is 0 Å². The van der Waals surface area contributed by atoms with Crippen molar-refractivity contribution < 1.29 is 13.2 Å². The molecule has 0 aliphatic carbocycles. The van der Waals surface area contributed by atoms with Crippen LogP contribution in [0.3, 0.4) is 0 Å². The Hall–Kier alpha value is -1.81. The molecule has 0 atom stereocenters. The zero-order valence-corrected chi connectivity index (χ0v) is 18.2. The largest absolute Gasteiger partial charge is 0.488 e. The minimum Gasteiger partial charge on any atom is -0.488 e. The first-order valence-corrected chi connectivity index (χ1v) is 11.2. The quantitative estimate of drug-likeness (QED) is 0.543. The molecule has 0 heterocycles. The second-order valence-corrected chi connectivity index (χ2v) is 9.95. The molecule has 0 spiro atoms. The topological polar surface area (TPSA) is 43.4 Å². The summed E-state index contributed by atoms with van der Waals surface area (Å²) in [6.45, 7) is 12.7. The van der Waals surface area contributed by atoms with Gasteiger partial charge >= 0.3 is 0 Å². The molecule has 27 heavy (non-hydrogen) atoms. The second-order valence-electron chi connectivity index (χ2n) is 8.00. The van der Waals surface area contributed by atoms with Gasteiger partial charge in [-0.3, -0.25) is 0 Å². The van der Waals surface area contributed by atoms with Gasteiger partial charge in [-0.1, -0.05) is 46.8 Å². The zero-order chi connectivity index (χ0) is 20.3. The van der Waals surface area contributed by atoms with Gasteiger partial charge in [0.2, 0.25) is 9.84 Å². The highest BCUT2D eigenvalue weighted by molar-refractivity contribution is 7.91. The molecule has 0 aromatic heterocycles. The minimum absolute atomic E-state index is 0.0342. The second kappa shape index (κ2) is 8.05. The van der Waals surface area contributed by atoms with E-state index in [-0.39, 0.29) is 15.9 Å². The molecule has 0 aliphatic heterocycles. The van der Waals surface area contributed by atoms with Gasteiger partial charge in [0.15, 0.2) is 0 Å². The normalized spacial score (nSPS) is 12.8. The Bertz CT molecular complexity index is 844. The summed E-state index contributed by atoms with van der Waals surface area (Å²) in [5.41, 5.74) is 0.945. The van der Waals surface area contributed by atoms with Gasteiger partial charge in [-0.2, -0.15) is 0 Å². The predicted octanol–water partition coefficient (Wildman–Crippen LogP) is 6.16. The first kappa shape index (κ1) is 21.5. The van der Waals surface area contributed by atoms with Gasteiger partial charge in [0.25, 0.3) is 0 Å². The lowest BCUT2D eigenvalue weighted by molar-refractivity contribution is 0.0802. The fraction of sp³-hybridized carbons (Fsp3) is 0.478. The molecule has 0 amide bonds. The molecule has 4 heteroatoms. The lowest BCUT2D eigenvalue weighted by Gasteiger charge is -2.28. The number of sulfone groups is 1. The van der Waals surface area contributed by atoms with Crippen molar-refractivity contribution in [2.45, 2.75) is 81.6 Å². The maximum absolute atomic E-state index is 12.9. The molecule has 0 fully saturated rings. The van der Waals surface area contributed by atoms with E-state index in [0.717, 1.165) is 24.8 Å². The molecule has 0 saturated carbocycles. The molecule has 0 bridgehead atoms. The Morgan fingerprint density at radius 1 is 0.741 bits per heavy atom. The Labute approximate surface area is 164 Å². The van der Waals surface area contributed by atoms with Crippen molar-refractivity contribution in [2.24, 2.45) is 0 Å². The van der Waals surface area contributed by atoms with Crippen molar-refractivity contribution in [3.63, 3.8) is 0 Å². The van der Waals surface area contributed by atoms with Gasteiger partial charge in [-0.15, -0.1) is 0 Å². The van der Waals surface area contributed by atoms with Gasteiger partial charge in [-0.25, -0.2) is 8.42 Å². The van der Waals surface area contributed by atoms with Crippen molar-refractivity contribution >= 4 is 9.84 Å². The van der Waals surface area contributed by atoms with E-state index in [0.29, 0.717) is 10.6 Å². The summed E-state index contributed by atoms with van der Waals surface area (Å²) in [5, 5.41) is 0. The summed E-state index contributed by atoms with van der Waals surface area (Å²) in [7, 11) is -3.54. The van der Waals surface area contributed by atoms with Crippen LogP contribution in [-0.2, 0) is 15.3 Å². The van der Waals surface area contributed by atoms with Crippen molar-refractivity contribution in [3.05, 3.63) is 54.1 Å². The monoisotopic (exact) mass is 388 g/mol. The summed E-state index contributed by atoms with van der Waals surface area (Å²) in [4.78, 5) is 0.603. The van der Waals surface area contributed by atoms with Gasteiger partial charge in [-0.05, 0) is 73.6 Å². The van der Waals surface area contributed by atoms with Crippen molar-refractivity contribution in [2.75, 3.05) is 0 Å². The maximum atomic E-state index is 12.9. The minimum atomic E-state index is -3.54. The van der Waals surface area contributed by atoms with Gasteiger partial charge in [0.05, 0.1) is 9.79 Å². The van der Waals surface area contributed by atoms with Crippen LogP contribution >= 0.6 is 0 Å². The van der Waals surface area contributed by atoms with Gasteiger partial charge < -0.3 is 4.74 Å². The van der Waals surface area contributed by atoms with E-state index in [1.165, 1.54) is 0 Å². The average Bonchev–Trinajstić information content (AvgIpc) is 2.68. The van der Waals surface area contributed by atoms with Crippen LogP contribution in [0.5, 0.6) is 5.75 Å². The molecule has 0 saturated heterocycles. The molecule has 0 aliphatic rings.